The second-order valence-corrected chi connectivity index (χ2v) is 11.2. The van der Waals surface area contributed by atoms with E-state index >= 15 is 0 Å². The summed E-state index contributed by atoms with van der Waals surface area (Å²) in [5, 5.41) is 6.82. The van der Waals surface area contributed by atoms with Crippen LogP contribution in [0.3, 0.4) is 0 Å². The second-order valence-electron chi connectivity index (χ2n) is 10.4. The van der Waals surface area contributed by atoms with Crippen LogP contribution in [-0.4, -0.2) is 118 Å². The highest BCUT2D eigenvalue weighted by atomic mass is 35.5. The maximum absolute atomic E-state index is 12.4. The van der Waals surface area contributed by atoms with Crippen LogP contribution in [0.25, 0.3) is 0 Å². The van der Waals surface area contributed by atoms with E-state index in [1.54, 1.807) is 0 Å². The van der Waals surface area contributed by atoms with Crippen LogP contribution in [0.2, 0.25) is 0 Å². The van der Waals surface area contributed by atoms with Crippen molar-refractivity contribution in [2.45, 2.75) is 102 Å². The number of nitrogens with zero attached hydrogens (tertiary/aromatic N) is 3. The van der Waals surface area contributed by atoms with E-state index in [2.05, 4.69) is 16.2 Å². The van der Waals surface area contributed by atoms with Gasteiger partial charge in [-0.3, -0.25) is 24.0 Å². The number of terminal acetylenes is 1. The molecular formula is C28H35Cl2N3O14. The minimum absolute atomic E-state index is 0.0505. The van der Waals surface area contributed by atoms with Gasteiger partial charge in [-0.15, -0.1) is 34.7 Å². The molecule has 3 rings (SSSR count). The van der Waals surface area contributed by atoms with Gasteiger partial charge < -0.3 is 42.6 Å². The highest BCUT2D eigenvalue weighted by Gasteiger charge is 2.63. The van der Waals surface area contributed by atoms with Crippen LogP contribution < -0.4 is 0 Å². The van der Waals surface area contributed by atoms with Gasteiger partial charge in [0, 0.05) is 34.6 Å². The van der Waals surface area contributed by atoms with Crippen molar-refractivity contribution in [2.75, 3.05) is 19.1 Å². The number of carbonyl (C=O) groups excluding carboxylic acids is 5. The van der Waals surface area contributed by atoms with Gasteiger partial charge in [0.25, 0.3) is 0 Å². The Morgan fingerprint density at radius 1 is 0.936 bits per heavy atom. The summed E-state index contributed by atoms with van der Waals surface area (Å²) in [6.07, 6.45) is -3.11. The van der Waals surface area contributed by atoms with Crippen molar-refractivity contribution < 1.29 is 66.6 Å². The number of hydrogen-bond donors (Lipinski definition) is 0. The molecular weight excluding hydrogens is 673 g/mol. The maximum atomic E-state index is 12.4. The number of rotatable bonds is 14. The van der Waals surface area contributed by atoms with Crippen molar-refractivity contribution in [3.63, 3.8) is 0 Å². The molecule has 0 radical (unpaired) electrons. The van der Waals surface area contributed by atoms with Crippen LogP contribution in [0.1, 0.15) is 40.3 Å². The number of alkyl halides is 2. The first kappa shape index (κ1) is 37.9. The van der Waals surface area contributed by atoms with Crippen LogP contribution >= 0.6 is 23.2 Å². The summed E-state index contributed by atoms with van der Waals surface area (Å²) in [6.45, 7) is 5.12. The van der Waals surface area contributed by atoms with E-state index in [1.165, 1.54) is 10.9 Å². The van der Waals surface area contributed by atoms with Crippen molar-refractivity contribution >= 4 is 53.0 Å². The molecule has 3 heterocycles. The van der Waals surface area contributed by atoms with Crippen molar-refractivity contribution in [1.29, 1.82) is 0 Å². The Labute approximate surface area is 279 Å². The summed E-state index contributed by atoms with van der Waals surface area (Å²) >= 11 is 13.0. The summed E-state index contributed by atoms with van der Waals surface area (Å²) in [5.74, 6) is -4.29. The molecule has 1 aromatic heterocycles. The van der Waals surface area contributed by atoms with E-state index in [4.69, 9.17) is 72.3 Å². The first-order valence-corrected chi connectivity index (χ1v) is 15.1. The zero-order chi connectivity index (χ0) is 34.9. The molecule has 19 heteroatoms. The number of esters is 5. The molecule has 2 fully saturated rings. The van der Waals surface area contributed by atoms with E-state index in [9.17, 15) is 24.0 Å². The van der Waals surface area contributed by atoms with Crippen LogP contribution in [0, 0.1) is 12.3 Å². The highest BCUT2D eigenvalue weighted by Crippen LogP contribution is 2.42. The molecule has 0 amide bonds. The first-order chi connectivity index (χ1) is 22.2. The number of hydrogen-bond acceptors (Lipinski definition) is 16. The fourth-order valence-corrected chi connectivity index (χ4v) is 5.51. The van der Waals surface area contributed by atoms with Crippen molar-refractivity contribution in [3.8, 4) is 12.3 Å². The molecule has 0 spiro atoms. The standard InChI is InChI=1S/C28H35Cl2N3O14/c1-7-8-39-11-19-9-33(32-31-19)10-20-23(41-15(3)35)26(44-18(6)38)28(13-29,46-20)47-27-25(43-17(5)37)24(42-16(4)36)22(30)21(45-27)12-40-14(2)34/h1,9,20-27H,8,10-13H2,2-6H3/t20-,21-,22+,23-,24+,25-,26+,27-,28+/m1/s1. The molecule has 0 aromatic carbocycles. The fraction of sp³-hybridized carbons (Fsp3) is 0.679. The largest absolute Gasteiger partial charge is 0.463 e. The minimum Gasteiger partial charge on any atom is -0.463 e. The smallest absolute Gasteiger partial charge is 0.303 e. The topological polar surface area (TPSA) is 199 Å². The molecule has 0 aliphatic carbocycles. The van der Waals surface area contributed by atoms with E-state index < -0.39 is 96.4 Å². The number of halogens is 2. The van der Waals surface area contributed by atoms with E-state index in [0.29, 0.717) is 5.69 Å². The Morgan fingerprint density at radius 3 is 2.13 bits per heavy atom. The fourth-order valence-electron chi connectivity index (χ4n) is 4.90. The van der Waals surface area contributed by atoms with Gasteiger partial charge in [-0.25, -0.2) is 4.68 Å². The Kier molecular flexibility index (Phi) is 13.7. The monoisotopic (exact) mass is 707 g/mol. The van der Waals surface area contributed by atoms with Gasteiger partial charge in [0.15, 0.2) is 24.4 Å². The zero-order valence-corrected chi connectivity index (χ0v) is 27.6. The van der Waals surface area contributed by atoms with Crippen LogP contribution in [0.15, 0.2) is 6.20 Å². The molecule has 0 N–H and O–H groups in total. The normalized spacial score (nSPS) is 30.1. The molecule has 2 aliphatic rings. The predicted octanol–water partition coefficient (Wildman–Crippen LogP) is 0.401. The molecule has 0 bridgehead atoms. The van der Waals surface area contributed by atoms with Crippen molar-refractivity contribution in [3.05, 3.63) is 11.9 Å². The number of carbonyl (C=O) groups is 5. The molecule has 47 heavy (non-hydrogen) atoms. The van der Waals surface area contributed by atoms with Crippen LogP contribution in [0.4, 0.5) is 0 Å². The summed E-state index contributed by atoms with van der Waals surface area (Å²) in [4.78, 5) is 60.5. The molecule has 260 valence electrons. The number of aromatic nitrogens is 3. The predicted molar refractivity (Wildman–Crippen MR) is 155 cm³/mol. The summed E-state index contributed by atoms with van der Waals surface area (Å²) in [5.41, 5.74) is 0.421. The van der Waals surface area contributed by atoms with E-state index in [0.717, 1.165) is 34.6 Å². The Balaban J connectivity index is 2.04. The molecule has 0 saturated carbocycles. The molecule has 17 nitrogen and oxygen atoms in total. The van der Waals surface area contributed by atoms with Gasteiger partial charge in [0.1, 0.15) is 36.5 Å². The maximum Gasteiger partial charge on any atom is 0.303 e. The first-order valence-electron chi connectivity index (χ1n) is 14.1. The lowest BCUT2D eigenvalue weighted by Gasteiger charge is -2.45. The van der Waals surface area contributed by atoms with E-state index in [1.807, 2.05) is 0 Å². The molecule has 0 unspecified atom stereocenters. The minimum atomic E-state index is -2.16. The van der Waals surface area contributed by atoms with E-state index in [-0.39, 0.29) is 19.8 Å². The van der Waals surface area contributed by atoms with Gasteiger partial charge in [0.05, 0.1) is 25.2 Å². The quantitative estimate of drug-likeness (QED) is 0.0845. The summed E-state index contributed by atoms with van der Waals surface area (Å²) in [7, 11) is 0. The lowest BCUT2D eigenvalue weighted by Crippen LogP contribution is -2.63. The van der Waals surface area contributed by atoms with Crippen LogP contribution in [-0.2, 0) is 79.8 Å². The second kappa shape index (κ2) is 17.0. The van der Waals surface area contributed by atoms with Gasteiger partial charge in [-0.1, -0.05) is 11.1 Å². The summed E-state index contributed by atoms with van der Waals surface area (Å²) < 4.78 is 52.2. The average Bonchev–Trinajstić information content (AvgIpc) is 3.53. The third-order valence-corrected chi connectivity index (χ3v) is 7.46. The summed E-state index contributed by atoms with van der Waals surface area (Å²) in [6, 6.07) is 0. The highest BCUT2D eigenvalue weighted by molar-refractivity contribution is 6.21. The zero-order valence-electron chi connectivity index (χ0n) is 26.1. The SMILES string of the molecule is C#CCOCc1cn(C[C@H]2O[C@@](CCl)(O[C@H]3O[C@H](COC(C)=O)[C@H](Cl)[C@H](OC(C)=O)[C@H]3OC(C)=O)[C@@H](OC(C)=O)[C@@H]2OC(C)=O)nn1. The van der Waals surface area contributed by atoms with Gasteiger partial charge in [-0.2, -0.15) is 0 Å². The Morgan fingerprint density at radius 2 is 1.55 bits per heavy atom. The number of ether oxygens (including phenoxy) is 9. The Hall–Kier alpha value is -3.53. The third kappa shape index (κ3) is 10.2. The average molecular weight is 709 g/mol. The van der Waals surface area contributed by atoms with Crippen molar-refractivity contribution in [2.24, 2.45) is 0 Å². The molecule has 2 saturated heterocycles. The molecule has 1 aromatic rings. The van der Waals surface area contributed by atoms with Crippen LogP contribution in [0.5, 0.6) is 0 Å². The van der Waals surface area contributed by atoms with Crippen molar-refractivity contribution in [1.82, 2.24) is 15.0 Å². The molecule has 2 aliphatic heterocycles. The lowest BCUT2D eigenvalue weighted by atomic mass is 10.0. The lowest BCUT2D eigenvalue weighted by molar-refractivity contribution is -0.359. The van der Waals surface area contributed by atoms with Gasteiger partial charge in [-0.05, 0) is 0 Å². The van der Waals surface area contributed by atoms with Gasteiger partial charge >= 0.3 is 29.8 Å². The molecule has 9 atom stereocenters. The third-order valence-electron chi connectivity index (χ3n) is 6.56. The van der Waals surface area contributed by atoms with Gasteiger partial charge in [0.2, 0.25) is 12.1 Å². The Bertz CT molecular complexity index is 1340.